The van der Waals surface area contributed by atoms with Gasteiger partial charge in [0, 0.05) is 18.6 Å². The highest BCUT2D eigenvalue weighted by molar-refractivity contribution is 14.0. The van der Waals surface area contributed by atoms with Crippen LogP contribution >= 0.6 is 24.0 Å². The molecule has 1 aliphatic rings. The molecule has 0 bridgehead atoms. The van der Waals surface area contributed by atoms with Crippen LogP contribution in [0.5, 0.6) is 0 Å². The average molecular weight is 460 g/mol. The normalized spacial score (nSPS) is 21.3. The first kappa shape index (κ1) is 22.9. The molecule has 1 rings (SSSR count). The number of sulfonamides is 1. The molecule has 1 heterocycles. The van der Waals surface area contributed by atoms with Crippen LogP contribution in [0.1, 0.15) is 52.9 Å². The van der Waals surface area contributed by atoms with E-state index in [1.54, 1.807) is 0 Å². The quantitative estimate of drug-likeness (QED) is 0.330. The molecule has 2 atom stereocenters. The Labute approximate surface area is 158 Å². The number of nitrogens with zero attached hydrogens (tertiary/aromatic N) is 2. The zero-order valence-electron chi connectivity index (χ0n) is 14.8. The van der Waals surface area contributed by atoms with Crippen LogP contribution in [0.2, 0.25) is 0 Å². The molecule has 1 unspecified atom stereocenters. The molecule has 0 aliphatic carbocycles. The second-order valence-corrected chi connectivity index (χ2v) is 8.70. The first-order chi connectivity index (χ1) is 10.2. The van der Waals surface area contributed by atoms with E-state index in [0.717, 1.165) is 25.2 Å². The summed E-state index contributed by atoms with van der Waals surface area (Å²) in [5, 5.41) is 3.19. The van der Waals surface area contributed by atoms with Gasteiger partial charge in [0.15, 0.2) is 5.96 Å². The van der Waals surface area contributed by atoms with Gasteiger partial charge in [-0.25, -0.2) is 8.42 Å². The van der Waals surface area contributed by atoms with Crippen molar-refractivity contribution in [2.75, 3.05) is 19.3 Å². The van der Waals surface area contributed by atoms with Crippen molar-refractivity contribution in [3.8, 4) is 0 Å². The van der Waals surface area contributed by atoms with E-state index in [2.05, 4.69) is 31.1 Å². The molecule has 0 saturated carbocycles. The van der Waals surface area contributed by atoms with Gasteiger partial charge in [-0.3, -0.25) is 4.99 Å². The molecule has 1 saturated heterocycles. The number of rotatable bonds is 8. The minimum atomic E-state index is -3.14. The van der Waals surface area contributed by atoms with Crippen molar-refractivity contribution >= 4 is 40.0 Å². The largest absolute Gasteiger partial charge is 0.370 e. The molecule has 0 radical (unpaired) electrons. The van der Waals surface area contributed by atoms with E-state index >= 15 is 0 Å². The van der Waals surface area contributed by atoms with E-state index in [9.17, 15) is 8.42 Å². The van der Waals surface area contributed by atoms with Crippen LogP contribution in [0, 0.1) is 5.92 Å². The SMILES string of the molecule is CC(C)CCCC(C)NC(N)=NC[C@H]1CCCN1S(C)(=O)=O.I. The molecule has 0 aromatic carbocycles. The van der Waals surface area contributed by atoms with Crippen LogP contribution in [0.15, 0.2) is 4.99 Å². The topological polar surface area (TPSA) is 87.8 Å². The van der Waals surface area contributed by atoms with Crippen molar-refractivity contribution in [1.29, 1.82) is 0 Å². The highest BCUT2D eigenvalue weighted by Gasteiger charge is 2.31. The van der Waals surface area contributed by atoms with E-state index in [4.69, 9.17) is 5.73 Å². The number of nitrogens with two attached hydrogens (primary N) is 1. The fourth-order valence-corrected chi connectivity index (χ4v) is 4.01. The predicted molar refractivity (Wildman–Crippen MR) is 108 cm³/mol. The number of hydrogen-bond acceptors (Lipinski definition) is 3. The van der Waals surface area contributed by atoms with Crippen LogP contribution < -0.4 is 11.1 Å². The van der Waals surface area contributed by atoms with Crippen molar-refractivity contribution in [2.24, 2.45) is 16.6 Å². The van der Waals surface area contributed by atoms with Gasteiger partial charge in [0.25, 0.3) is 0 Å². The van der Waals surface area contributed by atoms with Gasteiger partial charge in [0.05, 0.1) is 12.8 Å². The van der Waals surface area contributed by atoms with E-state index in [-0.39, 0.29) is 36.1 Å². The van der Waals surface area contributed by atoms with Gasteiger partial charge < -0.3 is 11.1 Å². The Bertz CT molecular complexity index is 468. The molecule has 138 valence electrons. The van der Waals surface area contributed by atoms with Gasteiger partial charge in [0.1, 0.15) is 0 Å². The van der Waals surface area contributed by atoms with Gasteiger partial charge in [-0.2, -0.15) is 4.31 Å². The average Bonchev–Trinajstić information content (AvgIpc) is 2.84. The lowest BCUT2D eigenvalue weighted by Crippen LogP contribution is -2.41. The molecule has 1 fully saturated rings. The Morgan fingerprint density at radius 3 is 2.57 bits per heavy atom. The van der Waals surface area contributed by atoms with Gasteiger partial charge in [-0.1, -0.05) is 26.7 Å². The number of guanidine groups is 1. The molecule has 0 amide bonds. The first-order valence-electron chi connectivity index (χ1n) is 8.23. The van der Waals surface area contributed by atoms with E-state index in [1.165, 1.54) is 23.4 Å². The number of hydrogen-bond donors (Lipinski definition) is 2. The maximum atomic E-state index is 11.7. The van der Waals surface area contributed by atoms with Crippen LogP contribution in [0.4, 0.5) is 0 Å². The lowest BCUT2D eigenvalue weighted by atomic mass is 10.0. The summed E-state index contributed by atoms with van der Waals surface area (Å²) in [5.41, 5.74) is 5.91. The molecular formula is C15H33IN4O2S. The summed E-state index contributed by atoms with van der Waals surface area (Å²) in [7, 11) is -3.14. The third-order valence-electron chi connectivity index (χ3n) is 4.03. The van der Waals surface area contributed by atoms with E-state index in [1.807, 2.05) is 0 Å². The van der Waals surface area contributed by atoms with Crippen LogP contribution in [-0.4, -0.2) is 50.1 Å². The van der Waals surface area contributed by atoms with Crippen LogP contribution in [-0.2, 0) is 10.0 Å². The minimum Gasteiger partial charge on any atom is -0.370 e. The summed E-state index contributed by atoms with van der Waals surface area (Å²) < 4.78 is 24.9. The van der Waals surface area contributed by atoms with Crippen LogP contribution in [0.3, 0.4) is 0 Å². The predicted octanol–water partition coefficient (Wildman–Crippen LogP) is 2.15. The van der Waals surface area contributed by atoms with E-state index < -0.39 is 10.0 Å². The summed E-state index contributed by atoms with van der Waals surface area (Å²) in [6.45, 7) is 7.58. The van der Waals surface area contributed by atoms with Crippen molar-refractivity contribution in [2.45, 2.75) is 65.0 Å². The van der Waals surface area contributed by atoms with Crippen molar-refractivity contribution in [1.82, 2.24) is 9.62 Å². The maximum Gasteiger partial charge on any atom is 0.211 e. The Hall–Kier alpha value is -0.0900. The monoisotopic (exact) mass is 460 g/mol. The third kappa shape index (κ3) is 9.09. The fourth-order valence-electron chi connectivity index (χ4n) is 2.83. The molecule has 0 aromatic heterocycles. The molecule has 8 heteroatoms. The third-order valence-corrected chi connectivity index (χ3v) is 5.37. The number of halogens is 1. The fraction of sp³-hybridized carbons (Fsp3) is 0.933. The van der Waals surface area contributed by atoms with Gasteiger partial charge in [-0.05, 0) is 32.1 Å². The minimum absolute atomic E-state index is 0. The summed E-state index contributed by atoms with van der Waals surface area (Å²) >= 11 is 0. The van der Waals surface area contributed by atoms with Gasteiger partial charge in [0.2, 0.25) is 10.0 Å². The smallest absolute Gasteiger partial charge is 0.211 e. The molecule has 0 spiro atoms. The summed E-state index contributed by atoms with van der Waals surface area (Å²) in [5.74, 6) is 1.14. The molecule has 1 aliphatic heterocycles. The molecule has 0 aromatic rings. The van der Waals surface area contributed by atoms with Crippen molar-refractivity contribution < 1.29 is 8.42 Å². The zero-order chi connectivity index (χ0) is 16.8. The van der Waals surface area contributed by atoms with Crippen molar-refractivity contribution in [3.05, 3.63) is 0 Å². The Morgan fingerprint density at radius 1 is 1.35 bits per heavy atom. The Morgan fingerprint density at radius 2 is 2.00 bits per heavy atom. The number of nitrogens with one attached hydrogen (secondary N) is 1. The standard InChI is InChI=1S/C15H32N4O2S.HI/c1-12(2)7-5-8-13(3)18-15(16)17-11-14-9-6-10-19(14)22(4,20)21;/h12-14H,5-11H2,1-4H3,(H3,16,17,18);1H/t13?,14-;/m1./s1. The van der Waals surface area contributed by atoms with E-state index in [0.29, 0.717) is 19.0 Å². The Balaban J connectivity index is 0.00000484. The zero-order valence-corrected chi connectivity index (χ0v) is 17.9. The lowest BCUT2D eigenvalue weighted by molar-refractivity contribution is 0.396. The highest BCUT2D eigenvalue weighted by Crippen LogP contribution is 2.20. The number of aliphatic imine (C=N–C) groups is 1. The van der Waals surface area contributed by atoms with Crippen molar-refractivity contribution in [3.63, 3.8) is 0 Å². The molecular weight excluding hydrogens is 427 g/mol. The molecule has 23 heavy (non-hydrogen) atoms. The summed E-state index contributed by atoms with van der Waals surface area (Å²) in [6, 6.07) is 0.240. The lowest BCUT2D eigenvalue weighted by Gasteiger charge is -2.21. The maximum absolute atomic E-state index is 11.7. The Kier molecular flexibility index (Phi) is 10.7. The van der Waals surface area contributed by atoms with Crippen LogP contribution in [0.25, 0.3) is 0 Å². The van der Waals surface area contributed by atoms with Gasteiger partial charge in [-0.15, -0.1) is 24.0 Å². The second-order valence-electron chi connectivity index (χ2n) is 6.77. The summed E-state index contributed by atoms with van der Waals surface area (Å²) in [4.78, 5) is 4.33. The molecule has 3 N–H and O–H groups in total. The highest BCUT2D eigenvalue weighted by atomic mass is 127. The molecule has 6 nitrogen and oxygen atoms in total. The first-order valence-corrected chi connectivity index (χ1v) is 10.1. The summed E-state index contributed by atoms with van der Waals surface area (Å²) in [6.07, 6.45) is 6.46. The van der Waals surface area contributed by atoms with Gasteiger partial charge >= 0.3 is 0 Å². The second kappa shape index (κ2) is 10.7.